The molecule has 3 heterocycles. The third kappa shape index (κ3) is 2.64. The minimum atomic E-state index is 0.329. The number of amides is 1. The molecule has 3 fully saturated rings. The summed E-state index contributed by atoms with van der Waals surface area (Å²) in [6, 6.07) is 0.624. The molecule has 3 aliphatic heterocycles. The first-order valence-electron chi connectivity index (χ1n) is 7.53. The molecule has 0 unspecified atom stereocenters. The first-order chi connectivity index (χ1) is 9.08. The van der Waals surface area contributed by atoms with Gasteiger partial charge in [0.05, 0.1) is 6.54 Å². The molecule has 0 aromatic heterocycles. The van der Waals surface area contributed by atoms with E-state index in [1.165, 1.54) is 0 Å². The molecule has 0 saturated carbocycles. The highest BCUT2D eigenvalue weighted by atomic mass is 16.2. The zero-order chi connectivity index (χ0) is 13.5. The SMILES string of the molecule is CC(C)N1CCN(CC(=O)N2CC3(CNC3)C2)CC1. The van der Waals surface area contributed by atoms with E-state index >= 15 is 0 Å². The van der Waals surface area contributed by atoms with Crippen LogP contribution in [0, 0.1) is 5.41 Å². The summed E-state index contributed by atoms with van der Waals surface area (Å²) in [5, 5.41) is 3.31. The molecule has 0 bridgehead atoms. The van der Waals surface area contributed by atoms with E-state index in [9.17, 15) is 4.79 Å². The van der Waals surface area contributed by atoms with Gasteiger partial charge >= 0.3 is 0 Å². The molecule has 3 rings (SSSR count). The Kier molecular flexibility index (Phi) is 3.53. The number of nitrogens with zero attached hydrogens (tertiary/aromatic N) is 3. The fourth-order valence-corrected chi connectivity index (χ4v) is 3.37. The Morgan fingerprint density at radius 3 is 2.26 bits per heavy atom. The van der Waals surface area contributed by atoms with Gasteiger partial charge in [-0.2, -0.15) is 0 Å². The van der Waals surface area contributed by atoms with E-state index < -0.39 is 0 Å². The van der Waals surface area contributed by atoms with Gasteiger partial charge in [-0.3, -0.25) is 14.6 Å². The van der Waals surface area contributed by atoms with Crippen molar-refractivity contribution in [2.24, 2.45) is 5.41 Å². The summed E-state index contributed by atoms with van der Waals surface area (Å²) in [5.74, 6) is 0.329. The second-order valence-electron chi connectivity index (χ2n) is 6.76. The average Bonchev–Trinajstić information content (AvgIpc) is 2.25. The van der Waals surface area contributed by atoms with E-state index in [0.29, 0.717) is 23.9 Å². The summed E-state index contributed by atoms with van der Waals surface area (Å²) >= 11 is 0. The van der Waals surface area contributed by atoms with Crippen LogP contribution in [-0.4, -0.2) is 85.6 Å². The first kappa shape index (κ1) is 13.3. The number of carbonyl (C=O) groups excluding carboxylic acids is 1. The number of nitrogens with one attached hydrogen (secondary N) is 1. The van der Waals surface area contributed by atoms with Gasteiger partial charge in [0.2, 0.25) is 5.91 Å². The Morgan fingerprint density at radius 1 is 1.16 bits per heavy atom. The van der Waals surface area contributed by atoms with Crippen LogP contribution in [0.15, 0.2) is 0 Å². The van der Waals surface area contributed by atoms with Crippen molar-refractivity contribution in [3.05, 3.63) is 0 Å². The maximum atomic E-state index is 12.2. The third-order valence-corrected chi connectivity index (χ3v) is 4.90. The summed E-state index contributed by atoms with van der Waals surface area (Å²) in [6.45, 7) is 13.5. The minimum absolute atomic E-state index is 0.329. The first-order valence-corrected chi connectivity index (χ1v) is 7.53. The fourth-order valence-electron chi connectivity index (χ4n) is 3.37. The van der Waals surface area contributed by atoms with Crippen molar-refractivity contribution in [2.75, 3.05) is 58.9 Å². The molecule has 3 aliphatic rings. The molecular weight excluding hydrogens is 240 g/mol. The molecule has 1 N–H and O–H groups in total. The van der Waals surface area contributed by atoms with Crippen LogP contribution < -0.4 is 5.32 Å². The van der Waals surface area contributed by atoms with E-state index in [1.807, 2.05) is 4.90 Å². The van der Waals surface area contributed by atoms with E-state index in [0.717, 1.165) is 52.4 Å². The second-order valence-corrected chi connectivity index (χ2v) is 6.76. The van der Waals surface area contributed by atoms with E-state index in [-0.39, 0.29) is 0 Å². The third-order valence-electron chi connectivity index (χ3n) is 4.90. The largest absolute Gasteiger partial charge is 0.340 e. The zero-order valence-corrected chi connectivity index (χ0v) is 12.2. The molecule has 5 nitrogen and oxygen atoms in total. The molecular formula is C14H26N4O. The lowest BCUT2D eigenvalue weighted by atomic mass is 9.74. The molecule has 5 heteroatoms. The van der Waals surface area contributed by atoms with Crippen LogP contribution in [0.3, 0.4) is 0 Å². The highest BCUT2D eigenvalue weighted by Gasteiger charge is 2.49. The lowest BCUT2D eigenvalue weighted by Gasteiger charge is -2.56. The van der Waals surface area contributed by atoms with Crippen molar-refractivity contribution in [1.82, 2.24) is 20.0 Å². The van der Waals surface area contributed by atoms with Gasteiger partial charge in [-0.15, -0.1) is 0 Å². The summed E-state index contributed by atoms with van der Waals surface area (Å²) in [4.78, 5) is 19.0. The molecule has 0 aromatic carbocycles. The van der Waals surface area contributed by atoms with Crippen molar-refractivity contribution in [2.45, 2.75) is 19.9 Å². The summed E-state index contributed by atoms with van der Waals surface area (Å²) in [6.07, 6.45) is 0. The number of rotatable bonds is 3. The quantitative estimate of drug-likeness (QED) is 0.743. The molecule has 3 saturated heterocycles. The van der Waals surface area contributed by atoms with Crippen molar-refractivity contribution in [3.8, 4) is 0 Å². The van der Waals surface area contributed by atoms with Crippen LogP contribution in [0.5, 0.6) is 0 Å². The van der Waals surface area contributed by atoms with E-state index in [4.69, 9.17) is 0 Å². The summed E-state index contributed by atoms with van der Waals surface area (Å²) in [5.41, 5.74) is 0.450. The lowest BCUT2D eigenvalue weighted by molar-refractivity contribution is -0.148. The van der Waals surface area contributed by atoms with Crippen LogP contribution in [0.4, 0.5) is 0 Å². The molecule has 108 valence electrons. The molecule has 0 aliphatic carbocycles. The van der Waals surface area contributed by atoms with Crippen LogP contribution in [0.2, 0.25) is 0 Å². The van der Waals surface area contributed by atoms with Gasteiger partial charge in [-0.25, -0.2) is 0 Å². The van der Waals surface area contributed by atoms with Crippen molar-refractivity contribution < 1.29 is 4.79 Å². The maximum absolute atomic E-state index is 12.2. The van der Waals surface area contributed by atoms with Crippen molar-refractivity contribution in [3.63, 3.8) is 0 Å². The maximum Gasteiger partial charge on any atom is 0.236 e. The van der Waals surface area contributed by atoms with Gasteiger partial charge in [0.15, 0.2) is 0 Å². The molecule has 0 radical (unpaired) electrons. The standard InChI is InChI=1S/C14H26N4O/c1-12(2)17-5-3-16(4-6-17)7-13(19)18-10-14(11-18)8-15-9-14/h12,15H,3-11H2,1-2H3. The van der Waals surface area contributed by atoms with Gasteiger partial charge < -0.3 is 10.2 Å². The van der Waals surface area contributed by atoms with Gasteiger partial charge in [0.1, 0.15) is 0 Å². The van der Waals surface area contributed by atoms with E-state index in [1.54, 1.807) is 0 Å². The highest BCUT2D eigenvalue weighted by Crippen LogP contribution is 2.33. The van der Waals surface area contributed by atoms with Crippen LogP contribution in [-0.2, 0) is 4.79 Å². The monoisotopic (exact) mass is 266 g/mol. The van der Waals surface area contributed by atoms with Crippen LogP contribution in [0.1, 0.15) is 13.8 Å². The van der Waals surface area contributed by atoms with Gasteiger partial charge in [-0.1, -0.05) is 0 Å². The molecule has 0 atom stereocenters. The fraction of sp³-hybridized carbons (Fsp3) is 0.929. The summed E-state index contributed by atoms with van der Waals surface area (Å²) < 4.78 is 0. The second kappa shape index (κ2) is 5.04. The highest BCUT2D eigenvalue weighted by molar-refractivity contribution is 5.79. The number of hydrogen-bond acceptors (Lipinski definition) is 4. The molecule has 0 aromatic rings. The van der Waals surface area contributed by atoms with Crippen LogP contribution in [0.25, 0.3) is 0 Å². The number of hydrogen-bond donors (Lipinski definition) is 1. The number of carbonyl (C=O) groups is 1. The van der Waals surface area contributed by atoms with Gasteiger partial charge in [0, 0.05) is 63.8 Å². The predicted octanol–water partition coefficient (Wildman–Crippen LogP) is -0.556. The Morgan fingerprint density at radius 2 is 1.79 bits per heavy atom. The van der Waals surface area contributed by atoms with Crippen molar-refractivity contribution >= 4 is 5.91 Å². The smallest absolute Gasteiger partial charge is 0.236 e. The summed E-state index contributed by atoms with van der Waals surface area (Å²) in [7, 11) is 0. The molecule has 19 heavy (non-hydrogen) atoms. The van der Waals surface area contributed by atoms with Crippen LogP contribution >= 0.6 is 0 Å². The molecule has 1 amide bonds. The Hall–Kier alpha value is -0.650. The normalized spacial score (nSPS) is 27.4. The Labute approximate surface area is 115 Å². The number of piperazine rings is 1. The molecule has 1 spiro atoms. The number of likely N-dealkylation sites (tertiary alicyclic amines) is 1. The van der Waals surface area contributed by atoms with Crippen molar-refractivity contribution in [1.29, 1.82) is 0 Å². The average molecular weight is 266 g/mol. The predicted molar refractivity (Wildman–Crippen MR) is 75.0 cm³/mol. The Bertz CT molecular complexity index is 337. The minimum Gasteiger partial charge on any atom is -0.340 e. The van der Waals surface area contributed by atoms with E-state index in [2.05, 4.69) is 29.0 Å². The van der Waals surface area contributed by atoms with Gasteiger partial charge in [-0.05, 0) is 13.8 Å². The van der Waals surface area contributed by atoms with Gasteiger partial charge in [0.25, 0.3) is 0 Å². The topological polar surface area (TPSA) is 38.8 Å². The lowest BCUT2D eigenvalue weighted by Crippen LogP contribution is -2.72. The zero-order valence-electron chi connectivity index (χ0n) is 12.2. The Balaban J connectivity index is 1.39.